The van der Waals surface area contributed by atoms with Crippen molar-refractivity contribution in [2.75, 3.05) is 6.61 Å². The van der Waals surface area contributed by atoms with Crippen molar-refractivity contribution < 1.29 is 24.2 Å². The third kappa shape index (κ3) is 12.1. The summed E-state index contributed by atoms with van der Waals surface area (Å²) in [6.07, 6.45) is 9.80. The Labute approximate surface area is 324 Å². The number of hydrogen-bond acceptors (Lipinski definition) is 6. The smallest absolute Gasteiger partial charge is 0.326 e. The Hall–Kier alpha value is -5.83. The molecular weight excluding hydrogens is 689 g/mol. The second-order valence-electron chi connectivity index (χ2n) is 14.9. The minimum absolute atomic E-state index is 0.0873. The number of nitrogens with zero attached hydrogens (tertiary/aromatic N) is 2. The van der Waals surface area contributed by atoms with Crippen molar-refractivity contribution >= 4 is 17.8 Å². The Morgan fingerprint density at radius 2 is 1.27 bits per heavy atom. The van der Waals surface area contributed by atoms with E-state index in [2.05, 4.69) is 48.3 Å². The third-order valence-electron chi connectivity index (χ3n) is 9.54. The summed E-state index contributed by atoms with van der Waals surface area (Å²) in [6.45, 7) is 9.21. The lowest BCUT2D eigenvalue weighted by Crippen LogP contribution is -2.53. The van der Waals surface area contributed by atoms with E-state index in [4.69, 9.17) is 4.74 Å². The zero-order valence-electron chi connectivity index (χ0n) is 32.3. The lowest BCUT2D eigenvalue weighted by atomic mass is 9.86. The van der Waals surface area contributed by atoms with Crippen LogP contribution in [0.5, 0.6) is 5.75 Å². The monoisotopic (exact) mass is 740 g/mol. The van der Waals surface area contributed by atoms with E-state index >= 15 is 0 Å². The molecule has 0 bridgehead atoms. The molecule has 0 spiro atoms. The normalized spacial score (nSPS) is 12.4. The molecule has 55 heavy (non-hydrogen) atoms. The van der Waals surface area contributed by atoms with Crippen LogP contribution in [-0.4, -0.2) is 51.5 Å². The molecule has 9 heteroatoms. The highest BCUT2D eigenvalue weighted by Crippen LogP contribution is 2.25. The van der Waals surface area contributed by atoms with Gasteiger partial charge in [-0.05, 0) is 58.4 Å². The van der Waals surface area contributed by atoms with Gasteiger partial charge < -0.3 is 20.5 Å². The van der Waals surface area contributed by atoms with Gasteiger partial charge in [-0.2, -0.15) is 0 Å². The molecule has 0 aliphatic carbocycles. The van der Waals surface area contributed by atoms with Crippen LogP contribution < -0.4 is 15.4 Å². The number of carbonyl (C=O) groups excluding carboxylic acids is 2. The number of aliphatic carboxylic acids is 1. The summed E-state index contributed by atoms with van der Waals surface area (Å²) in [4.78, 5) is 48.6. The van der Waals surface area contributed by atoms with E-state index < -0.39 is 29.9 Å². The molecule has 9 nitrogen and oxygen atoms in total. The average molecular weight is 741 g/mol. The number of carbonyl (C=O) groups is 3. The topological polar surface area (TPSA) is 131 Å². The fourth-order valence-corrected chi connectivity index (χ4v) is 6.19. The van der Waals surface area contributed by atoms with E-state index in [1.165, 1.54) is 25.7 Å². The molecule has 0 saturated carbocycles. The maximum atomic E-state index is 13.7. The van der Waals surface area contributed by atoms with Crippen molar-refractivity contribution in [3.63, 3.8) is 0 Å². The Morgan fingerprint density at radius 1 is 0.673 bits per heavy atom. The zero-order chi connectivity index (χ0) is 39.2. The van der Waals surface area contributed by atoms with Crippen LogP contribution in [0.25, 0.3) is 22.5 Å². The molecule has 0 aliphatic rings. The maximum Gasteiger partial charge on any atom is 0.326 e. The maximum absolute atomic E-state index is 13.7. The van der Waals surface area contributed by atoms with Gasteiger partial charge in [-0.1, -0.05) is 132 Å². The number of benzene rings is 4. The Morgan fingerprint density at radius 3 is 1.89 bits per heavy atom. The number of aromatic nitrogens is 2. The molecule has 0 radical (unpaired) electrons. The molecule has 5 aromatic rings. The van der Waals surface area contributed by atoms with Crippen LogP contribution in [0.4, 0.5) is 0 Å². The fourth-order valence-electron chi connectivity index (χ4n) is 6.19. The van der Waals surface area contributed by atoms with E-state index in [-0.39, 0.29) is 18.3 Å². The quantitative estimate of drug-likeness (QED) is 0.0767. The molecule has 4 aromatic carbocycles. The number of unbranched alkanes of at least 4 members (excludes halogenated alkanes) is 4. The SMILES string of the molecule is CCCCCCCOc1ccc(-c2cnc(-c3ccc(CC(NC(=O)c4ccc(C(C)(C)C)cc4)C(=O)NC(Cc4ccccc4)C(=O)O)cc3)nc2)cc1. The average Bonchev–Trinajstić information content (AvgIpc) is 3.19. The lowest BCUT2D eigenvalue weighted by Gasteiger charge is -2.22. The molecule has 0 fully saturated rings. The summed E-state index contributed by atoms with van der Waals surface area (Å²) in [7, 11) is 0. The second kappa shape index (κ2) is 19.5. The molecule has 5 rings (SSSR count). The van der Waals surface area contributed by atoms with Crippen molar-refractivity contribution in [1.29, 1.82) is 0 Å². The van der Waals surface area contributed by atoms with Gasteiger partial charge in [0.1, 0.15) is 17.8 Å². The lowest BCUT2D eigenvalue weighted by molar-refractivity contribution is -0.142. The summed E-state index contributed by atoms with van der Waals surface area (Å²) < 4.78 is 5.90. The number of carboxylic acid groups (broad SMARTS) is 1. The van der Waals surface area contributed by atoms with Gasteiger partial charge >= 0.3 is 5.97 Å². The first kappa shape index (κ1) is 40.4. The molecule has 0 aliphatic heterocycles. The predicted molar refractivity (Wildman–Crippen MR) is 217 cm³/mol. The Bertz CT molecular complexity index is 1970. The Kier molecular flexibility index (Phi) is 14.3. The van der Waals surface area contributed by atoms with Crippen LogP contribution >= 0.6 is 0 Å². The van der Waals surface area contributed by atoms with Crippen LogP contribution in [0, 0.1) is 0 Å². The van der Waals surface area contributed by atoms with Gasteiger partial charge in [0.2, 0.25) is 5.91 Å². The Balaban J connectivity index is 1.26. The number of hydrogen-bond donors (Lipinski definition) is 3. The van der Waals surface area contributed by atoms with Gasteiger partial charge in [0.25, 0.3) is 5.91 Å². The number of rotatable bonds is 18. The first-order valence-electron chi connectivity index (χ1n) is 19.1. The number of nitrogens with one attached hydrogen (secondary N) is 2. The molecule has 286 valence electrons. The predicted octanol–water partition coefficient (Wildman–Crippen LogP) is 8.61. The number of amides is 2. The third-order valence-corrected chi connectivity index (χ3v) is 9.54. The van der Waals surface area contributed by atoms with Gasteiger partial charge in [0.05, 0.1) is 6.61 Å². The second-order valence-corrected chi connectivity index (χ2v) is 14.9. The molecule has 3 N–H and O–H groups in total. The van der Waals surface area contributed by atoms with Gasteiger partial charge in [-0.15, -0.1) is 0 Å². The molecule has 2 amide bonds. The minimum Gasteiger partial charge on any atom is -0.494 e. The highest BCUT2D eigenvalue weighted by molar-refractivity contribution is 5.98. The largest absolute Gasteiger partial charge is 0.494 e. The van der Waals surface area contributed by atoms with E-state index in [0.717, 1.165) is 45.6 Å². The van der Waals surface area contributed by atoms with Crippen LogP contribution in [0.15, 0.2) is 116 Å². The van der Waals surface area contributed by atoms with Crippen molar-refractivity contribution in [3.05, 3.63) is 138 Å². The fraction of sp³-hybridized carbons (Fsp3) is 0.326. The standard InChI is InChI=1S/C46H52N4O5/c1-5-6-7-8-12-27-55-39-25-21-34(22-26-39)37-30-47-42(48-31-37)35-17-15-33(16-18-35)28-40(49-43(51)36-19-23-38(24-20-36)46(2,3)4)44(52)50-41(45(53)54)29-32-13-10-9-11-14-32/h9-11,13-26,30-31,40-41H,5-8,12,27-29H2,1-4H3,(H,49,51)(H,50,52)(H,53,54). The molecule has 1 aromatic heterocycles. The summed E-state index contributed by atoms with van der Waals surface area (Å²) in [5.74, 6) is -0.789. The highest BCUT2D eigenvalue weighted by atomic mass is 16.5. The van der Waals surface area contributed by atoms with Crippen LogP contribution in [-0.2, 0) is 27.8 Å². The first-order chi connectivity index (χ1) is 26.5. The van der Waals surface area contributed by atoms with Crippen molar-refractivity contribution in [2.24, 2.45) is 0 Å². The number of ether oxygens (including phenoxy) is 1. The van der Waals surface area contributed by atoms with Gasteiger partial charge in [0, 0.05) is 41.9 Å². The molecular formula is C46H52N4O5. The summed E-state index contributed by atoms with van der Waals surface area (Å²) >= 11 is 0. The summed E-state index contributed by atoms with van der Waals surface area (Å²) in [5, 5.41) is 15.5. The minimum atomic E-state index is -1.18. The van der Waals surface area contributed by atoms with E-state index in [9.17, 15) is 19.5 Å². The zero-order valence-corrected chi connectivity index (χ0v) is 32.3. The molecule has 0 saturated heterocycles. The van der Waals surface area contributed by atoms with Gasteiger partial charge in [0.15, 0.2) is 5.82 Å². The van der Waals surface area contributed by atoms with Crippen molar-refractivity contribution in [3.8, 4) is 28.3 Å². The van der Waals surface area contributed by atoms with E-state index in [0.29, 0.717) is 18.0 Å². The van der Waals surface area contributed by atoms with Gasteiger partial charge in [-0.3, -0.25) is 9.59 Å². The molecule has 2 unspecified atom stereocenters. The summed E-state index contributed by atoms with van der Waals surface area (Å²) in [6, 6.07) is 29.6. The first-order valence-corrected chi connectivity index (χ1v) is 19.1. The number of carboxylic acids is 1. The summed E-state index contributed by atoms with van der Waals surface area (Å²) in [5.41, 5.74) is 5.59. The van der Waals surface area contributed by atoms with E-state index in [1.807, 2.05) is 91.0 Å². The van der Waals surface area contributed by atoms with Crippen molar-refractivity contribution in [1.82, 2.24) is 20.6 Å². The van der Waals surface area contributed by atoms with Crippen LogP contribution in [0.1, 0.15) is 86.8 Å². The molecule has 2 atom stereocenters. The van der Waals surface area contributed by atoms with E-state index in [1.54, 1.807) is 24.5 Å². The van der Waals surface area contributed by atoms with Crippen molar-refractivity contribution in [2.45, 2.75) is 90.1 Å². The van der Waals surface area contributed by atoms with Gasteiger partial charge in [-0.25, -0.2) is 14.8 Å². The molecule has 1 heterocycles. The van der Waals surface area contributed by atoms with Crippen LogP contribution in [0.3, 0.4) is 0 Å². The van der Waals surface area contributed by atoms with Crippen LogP contribution in [0.2, 0.25) is 0 Å². The highest BCUT2D eigenvalue weighted by Gasteiger charge is 2.28.